The van der Waals surface area contributed by atoms with Crippen LogP contribution in [-0.2, 0) is 29.3 Å². The molecule has 12 heteroatoms. The number of carbonyl (C=O) groups excluding carboxylic acids is 2. The summed E-state index contributed by atoms with van der Waals surface area (Å²) >= 11 is 0. The van der Waals surface area contributed by atoms with Gasteiger partial charge in [0.1, 0.15) is 0 Å². The number of hydrogen-bond donors (Lipinski definition) is 2. The lowest BCUT2D eigenvalue weighted by atomic mass is 10.1. The summed E-state index contributed by atoms with van der Waals surface area (Å²) in [7, 11) is -7.48. The molecule has 0 unspecified atom stereocenters. The average Bonchev–Trinajstić information content (AvgIpc) is 3.07. The molecule has 48 heavy (non-hydrogen) atoms. The van der Waals surface area contributed by atoms with Crippen LogP contribution in [0, 0.1) is 0 Å². The van der Waals surface area contributed by atoms with Crippen LogP contribution < -0.4 is 10.6 Å². The molecule has 0 atom stereocenters. The van der Waals surface area contributed by atoms with Gasteiger partial charge >= 0.3 is 0 Å². The molecule has 0 aromatic heterocycles. The second-order valence-electron chi connectivity index (χ2n) is 10.6. The first kappa shape index (κ1) is 33.6. The molecule has 2 amide bonds. The van der Waals surface area contributed by atoms with E-state index in [4.69, 9.17) is 0 Å². The smallest absolute Gasteiger partial charge is 0.221 e. The average molecular weight is 679 g/mol. The van der Waals surface area contributed by atoms with E-state index in [1.807, 2.05) is 24.3 Å². The maximum Gasteiger partial charge on any atom is 0.221 e. The molecule has 0 aliphatic carbocycles. The van der Waals surface area contributed by atoms with E-state index in [0.29, 0.717) is 22.7 Å². The molecule has 5 aromatic carbocycles. The van der Waals surface area contributed by atoms with Crippen LogP contribution in [0.3, 0.4) is 0 Å². The van der Waals surface area contributed by atoms with E-state index in [9.17, 15) is 26.4 Å². The van der Waals surface area contributed by atoms with Crippen LogP contribution >= 0.6 is 0 Å². The third-order valence-corrected chi connectivity index (χ3v) is 10.5. The maximum absolute atomic E-state index is 13.0. The third-order valence-electron chi connectivity index (χ3n) is 6.93. The third kappa shape index (κ3) is 8.35. The van der Waals surface area contributed by atoms with Crippen LogP contribution in [0.15, 0.2) is 151 Å². The van der Waals surface area contributed by atoms with Gasteiger partial charge in [-0.25, -0.2) is 16.8 Å². The largest absolute Gasteiger partial charge is 0.326 e. The number of sulfone groups is 2. The molecule has 0 fully saturated rings. The summed E-state index contributed by atoms with van der Waals surface area (Å²) in [5, 5.41) is 5.22. The molecule has 5 aromatic rings. The Hall–Kier alpha value is -5.72. The first-order chi connectivity index (χ1) is 22.9. The summed E-state index contributed by atoms with van der Waals surface area (Å²) in [6, 6.07) is 31.9. The highest BCUT2D eigenvalue weighted by molar-refractivity contribution is 7.91. The molecule has 0 spiro atoms. The van der Waals surface area contributed by atoms with E-state index in [0.717, 1.165) is 11.1 Å². The number of carbonyl (C=O) groups is 2. The minimum absolute atomic E-state index is 0.115. The molecule has 242 valence electrons. The summed E-state index contributed by atoms with van der Waals surface area (Å²) in [4.78, 5) is 31.8. The first-order valence-electron chi connectivity index (χ1n) is 14.5. The van der Waals surface area contributed by atoms with E-state index < -0.39 is 19.7 Å². The SMILES string of the molecule is CC(=O)Nc1ccc(S(=O)(=O)c2ccc(N=Cc3ccc(C=Nc4ccc(S(=O)(=O)c5ccc(NC(C)=O)cc5)cc4)cc3)cc2)cc1. The Morgan fingerprint density at radius 2 is 0.729 bits per heavy atom. The molecule has 10 nitrogen and oxygen atoms in total. The molecule has 0 heterocycles. The highest BCUT2D eigenvalue weighted by atomic mass is 32.2. The van der Waals surface area contributed by atoms with Gasteiger partial charge in [0.25, 0.3) is 0 Å². The Morgan fingerprint density at radius 3 is 1.00 bits per heavy atom. The lowest BCUT2D eigenvalue weighted by Gasteiger charge is -2.07. The molecule has 0 bridgehead atoms. The zero-order valence-corrected chi connectivity index (χ0v) is 27.5. The van der Waals surface area contributed by atoms with Crippen LogP contribution in [0.25, 0.3) is 0 Å². The summed E-state index contributed by atoms with van der Waals surface area (Å²) in [5.41, 5.74) is 3.82. The molecule has 0 radical (unpaired) electrons. The van der Waals surface area contributed by atoms with Crippen molar-refractivity contribution in [3.8, 4) is 0 Å². The van der Waals surface area contributed by atoms with E-state index in [-0.39, 0.29) is 31.4 Å². The monoisotopic (exact) mass is 678 g/mol. The number of aliphatic imine (C=N–C) groups is 2. The van der Waals surface area contributed by atoms with Gasteiger partial charge in [0.05, 0.1) is 31.0 Å². The van der Waals surface area contributed by atoms with Crippen molar-refractivity contribution in [3.05, 3.63) is 132 Å². The summed E-state index contributed by atoms with van der Waals surface area (Å²) in [6.07, 6.45) is 3.33. The van der Waals surface area contributed by atoms with Gasteiger partial charge in [0, 0.05) is 37.7 Å². The minimum Gasteiger partial charge on any atom is -0.326 e. The van der Waals surface area contributed by atoms with Gasteiger partial charge in [-0.05, 0) is 108 Å². The van der Waals surface area contributed by atoms with E-state index in [1.165, 1.54) is 86.6 Å². The van der Waals surface area contributed by atoms with Crippen molar-refractivity contribution in [2.45, 2.75) is 33.4 Å². The molecule has 0 saturated carbocycles. The second-order valence-corrected chi connectivity index (χ2v) is 14.5. The van der Waals surface area contributed by atoms with Crippen LogP contribution in [0.4, 0.5) is 22.7 Å². The van der Waals surface area contributed by atoms with Gasteiger partial charge < -0.3 is 10.6 Å². The van der Waals surface area contributed by atoms with Gasteiger partial charge in [-0.3, -0.25) is 19.6 Å². The van der Waals surface area contributed by atoms with Crippen LogP contribution in [0.2, 0.25) is 0 Å². The minimum atomic E-state index is -3.74. The molecule has 5 rings (SSSR count). The Morgan fingerprint density at radius 1 is 0.458 bits per heavy atom. The van der Waals surface area contributed by atoms with E-state index >= 15 is 0 Å². The lowest BCUT2D eigenvalue weighted by molar-refractivity contribution is -0.115. The van der Waals surface area contributed by atoms with Gasteiger partial charge in [-0.15, -0.1) is 0 Å². The van der Waals surface area contributed by atoms with Crippen molar-refractivity contribution in [1.82, 2.24) is 0 Å². The van der Waals surface area contributed by atoms with Crippen molar-refractivity contribution in [2.24, 2.45) is 9.98 Å². The zero-order valence-electron chi connectivity index (χ0n) is 25.9. The predicted octanol–water partition coefficient (Wildman–Crippen LogP) is 6.77. The Kier molecular flexibility index (Phi) is 10.1. The number of amides is 2. The maximum atomic E-state index is 13.0. The molecular formula is C36H30N4O6S2. The zero-order chi connectivity index (χ0) is 34.3. The van der Waals surface area contributed by atoms with Gasteiger partial charge in [-0.2, -0.15) is 0 Å². The van der Waals surface area contributed by atoms with Crippen LogP contribution in [0.1, 0.15) is 25.0 Å². The molecular weight excluding hydrogens is 649 g/mol. The second kappa shape index (κ2) is 14.4. The van der Waals surface area contributed by atoms with Gasteiger partial charge in [0.2, 0.25) is 31.5 Å². The topological polar surface area (TPSA) is 151 Å². The summed E-state index contributed by atoms with van der Waals surface area (Å²) in [5.74, 6) is -0.484. The Balaban J connectivity index is 1.19. The van der Waals surface area contributed by atoms with Crippen molar-refractivity contribution < 1.29 is 26.4 Å². The number of rotatable bonds is 10. The number of nitrogens with one attached hydrogen (secondary N) is 2. The summed E-state index contributed by atoms with van der Waals surface area (Å²) in [6.45, 7) is 2.76. The van der Waals surface area contributed by atoms with E-state index in [1.54, 1.807) is 36.7 Å². The van der Waals surface area contributed by atoms with E-state index in [2.05, 4.69) is 20.6 Å². The Bertz CT molecular complexity index is 2050. The highest BCUT2D eigenvalue weighted by Gasteiger charge is 2.18. The van der Waals surface area contributed by atoms with Gasteiger partial charge in [-0.1, -0.05) is 24.3 Å². The number of anilines is 2. The fraction of sp³-hybridized carbons (Fsp3) is 0.0556. The van der Waals surface area contributed by atoms with Crippen molar-refractivity contribution in [3.63, 3.8) is 0 Å². The Labute approximate surface area is 278 Å². The molecule has 0 saturated heterocycles. The first-order valence-corrected chi connectivity index (χ1v) is 17.5. The van der Waals surface area contributed by atoms with Crippen molar-refractivity contribution >= 4 is 66.7 Å². The van der Waals surface area contributed by atoms with Crippen LogP contribution in [0.5, 0.6) is 0 Å². The number of benzene rings is 5. The molecule has 2 N–H and O–H groups in total. The highest BCUT2D eigenvalue weighted by Crippen LogP contribution is 2.26. The molecule has 0 aliphatic rings. The number of hydrogen-bond acceptors (Lipinski definition) is 8. The fourth-order valence-electron chi connectivity index (χ4n) is 4.50. The quantitative estimate of drug-likeness (QED) is 0.156. The van der Waals surface area contributed by atoms with Gasteiger partial charge in [0.15, 0.2) is 0 Å². The standard InChI is InChI=1S/C36H30N4O6S2/c1-25(41)39-31-11-19-35(20-12-31)47(43,44)33-15-7-29(8-16-33)37-23-27-3-5-28(6-4-27)24-38-30-9-17-34(18-10-30)48(45,46)36-21-13-32(14-22-36)40-26(2)42/h3-24H,1-2H3,(H,39,41)(H,40,42). The van der Waals surface area contributed by atoms with Crippen molar-refractivity contribution in [2.75, 3.05) is 10.6 Å². The molecule has 0 aliphatic heterocycles. The van der Waals surface area contributed by atoms with Crippen molar-refractivity contribution in [1.29, 1.82) is 0 Å². The normalized spacial score (nSPS) is 11.9. The predicted molar refractivity (Wildman–Crippen MR) is 186 cm³/mol. The van der Waals surface area contributed by atoms with Crippen LogP contribution in [-0.4, -0.2) is 41.1 Å². The fourth-order valence-corrected chi connectivity index (χ4v) is 7.02. The summed E-state index contributed by atoms with van der Waals surface area (Å²) < 4.78 is 52.0. The number of nitrogens with zero attached hydrogens (tertiary/aromatic N) is 2. The lowest BCUT2D eigenvalue weighted by Crippen LogP contribution is -2.06.